The maximum Gasteiger partial charge on any atom is 0.292 e. The third-order valence-electron chi connectivity index (χ3n) is 4.74. The summed E-state index contributed by atoms with van der Waals surface area (Å²) in [4.78, 5) is 12.7. The third kappa shape index (κ3) is 5.82. The second-order valence-corrected chi connectivity index (χ2v) is 10.2. The van der Waals surface area contributed by atoms with Gasteiger partial charge in [-0.05, 0) is 24.3 Å². The van der Waals surface area contributed by atoms with Crippen molar-refractivity contribution in [1.29, 1.82) is 0 Å². The molecule has 1 amide bonds. The Labute approximate surface area is 244 Å². The van der Waals surface area contributed by atoms with Crippen LogP contribution in [0, 0.1) is 0 Å². The summed E-state index contributed by atoms with van der Waals surface area (Å²) in [6, 6.07) is 8.16. The van der Waals surface area contributed by atoms with Crippen molar-refractivity contribution >= 4 is 105 Å². The molecule has 0 atom stereocenters. The molecule has 4 rings (SSSR count). The summed E-state index contributed by atoms with van der Waals surface area (Å²) >= 11 is 49.0. The number of carbonyl (C=O) groups excluding carboxylic acids is 1. The van der Waals surface area contributed by atoms with Crippen LogP contribution in [0.15, 0.2) is 40.9 Å². The summed E-state index contributed by atoms with van der Waals surface area (Å²) in [6.07, 6.45) is 1.54. The van der Waals surface area contributed by atoms with Crippen LogP contribution in [0.4, 0.5) is 5.82 Å². The van der Waals surface area contributed by atoms with Crippen molar-refractivity contribution in [3.63, 3.8) is 0 Å². The maximum absolute atomic E-state index is 12.7. The van der Waals surface area contributed by atoms with E-state index in [0.717, 1.165) is 0 Å². The van der Waals surface area contributed by atoms with E-state index in [1.807, 2.05) is 0 Å². The quantitative estimate of drug-likeness (QED) is 0.160. The minimum Gasteiger partial charge on any atom is -0.482 e. The van der Waals surface area contributed by atoms with Crippen molar-refractivity contribution in [3.05, 3.63) is 93.8 Å². The summed E-state index contributed by atoms with van der Waals surface area (Å²) in [5, 5.41) is 8.03. The number of carbonyl (C=O) groups is 1. The first-order valence-electron chi connectivity index (χ1n) is 9.77. The van der Waals surface area contributed by atoms with E-state index in [9.17, 15) is 4.79 Å². The van der Waals surface area contributed by atoms with Crippen LogP contribution in [0.2, 0.25) is 40.2 Å². The lowest BCUT2D eigenvalue weighted by atomic mass is 10.2. The predicted octanol–water partition coefficient (Wildman–Crippen LogP) is 9.58. The normalized spacial score (nSPS) is 11.1. The molecule has 0 aliphatic heterocycles. The molecule has 2 heterocycles. The van der Waals surface area contributed by atoms with Gasteiger partial charge in [0.2, 0.25) is 0 Å². The zero-order valence-electron chi connectivity index (χ0n) is 17.5. The lowest BCUT2D eigenvalue weighted by molar-refractivity contribution is 0.0992. The van der Waals surface area contributed by atoms with Gasteiger partial charge in [0.25, 0.3) is 5.91 Å². The van der Waals surface area contributed by atoms with Gasteiger partial charge in [0, 0.05) is 21.8 Å². The Hall–Kier alpha value is -1.48. The molecule has 0 bridgehead atoms. The number of halogens is 8. The second kappa shape index (κ2) is 11.5. The monoisotopic (exact) mass is 645 g/mol. The molecule has 2 aromatic heterocycles. The van der Waals surface area contributed by atoms with Crippen LogP contribution in [-0.2, 0) is 13.2 Å². The van der Waals surface area contributed by atoms with Gasteiger partial charge < -0.3 is 14.5 Å². The molecule has 0 aliphatic rings. The molecule has 0 radical (unpaired) electrons. The number of ether oxygens (including phenoxy) is 1. The largest absolute Gasteiger partial charge is 0.482 e. The lowest BCUT2D eigenvalue weighted by Gasteiger charge is -2.12. The topological polar surface area (TPSA) is 69.3 Å². The van der Waals surface area contributed by atoms with Gasteiger partial charge in [0.1, 0.15) is 27.4 Å². The van der Waals surface area contributed by atoms with Crippen LogP contribution in [-0.4, -0.2) is 15.7 Å². The summed E-state index contributed by atoms with van der Waals surface area (Å²) in [5.74, 6) is -0.158. The average molecular weight is 649 g/mol. The van der Waals surface area contributed by atoms with E-state index in [2.05, 4.69) is 10.4 Å². The molecule has 0 fully saturated rings. The van der Waals surface area contributed by atoms with Gasteiger partial charge in [-0.15, -0.1) is 0 Å². The summed E-state index contributed by atoms with van der Waals surface area (Å²) in [5.41, 5.74) is 0.664. The first kappa shape index (κ1) is 27.6. The van der Waals surface area contributed by atoms with Crippen LogP contribution in [0.1, 0.15) is 21.9 Å². The molecule has 1 N–H and O–H groups in total. The fraction of sp³-hybridized carbons (Fsp3) is 0.0909. The number of aromatic nitrogens is 2. The summed E-state index contributed by atoms with van der Waals surface area (Å²) in [7, 11) is 0. The first-order valence-corrected chi connectivity index (χ1v) is 12.8. The van der Waals surface area contributed by atoms with Crippen LogP contribution in [0.5, 0.6) is 5.75 Å². The molecular formula is C22H11Cl8N3O3. The van der Waals surface area contributed by atoms with Crippen molar-refractivity contribution in [2.24, 2.45) is 0 Å². The Kier molecular flexibility index (Phi) is 8.80. The fourth-order valence-electron chi connectivity index (χ4n) is 3.01. The van der Waals surface area contributed by atoms with E-state index in [-0.39, 0.29) is 60.6 Å². The number of anilines is 1. The van der Waals surface area contributed by atoms with E-state index in [1.54, 1.807) is 18.2 Å². The van der Waals surface area contributed by atoms with Gasteiger partial charge in [-0.3, -0.25) is 9.48 Å². The highest BCUT2D eigenvalue weighted by molar-refractivity contribution is 6.55. The number of benzene rings is 2. The van der Waals surface area contributed by atoms with E-state index >= 15 is 0 Å². The molecule has 36 heavy (non-hydrogen) atoms. The summed E-state index contributed by atoms with van der Waals surface area (Å²) in [6.45, 7) is 0.120. The van der Waals surface area contributed by atoms with Crippen molar-refractivity contribution in [2.45, 2.75) is 13.2 Å². The Morgan fingerprint density at radius 3 is 2.11 bits per heavy atom. The molecule has 0 saturated carbocycles. The van der Waals surface area contributed by atoms with Gasteiger partial charge in [-0.1, -0.05) is 98.9 Å². The number of rotatable bonds is 7. The van der Waals surface area contributed by atoms with E-state index in [1.165, 1.54) is 23.0 Å². The van der Waals surface area contributed by atoms with Gasteiger partial charge >= 0.3 is 0 Å². The predicted molar refractivity (Wildman–Crippen MR) is 145 cm³/mol. The molecule has 0 spiro atoms. The van der Waals surface area contributed by atoms with Crippen molar-refractivity contribution in [2.75, 3.05) is 5.32 Å². The molecule has 6 nitrogen and oxygen atoms in total. The Balaban J connectivity index is 1.43. The highest BCUT2D eigenvalue weighted by atomic mass is 35.5. The standard InChI is InChI=1S/C22H11Cl8N3O3/c23-11-2-1-3-12(24)10(11)6-33-7-13(25)21(32-33)31-22(34)14-5-4-9(36-14)8-35-20-18(29)16(27)15(26)17(28)19(20)30/h1-5,7H,6,8H2,(H,31,32,34). The number of furan rings is 1. The van der Waals surface area contributed by atoms with Crippen LogP contribution in [0.25, 0.3) is 0 Å². The third-order valence-corrected chi connectivity index (χ3v) is 7.97. The molecule has 0 aliphatic carbocycles. The minimum atomic E-state index is -0.585. The summed E-state index contributed by atoms with van der Waals surface area (Å²) < 4.78 is 12.7. The molecular weight excluding hydrogens is 638 g/mol. The zero-order valence-corrected chi connectivity index (χ0v) is 23.6. The second-order valence-electron chi connectivity index (χ2n) is 7.13. The Morgan fingerprint density at radius 1 is 0.861 bits per heavy atom. The lowest BCUT2D eigenvalue weighted by Crippen LogP contribution is -2.12. The van der Waals surface area contributed by atoms with E-state index in [0.29, 0.717) is 21.4 Å². The molecule has 14 heteroatoms. The van der Waals surface area contributed by atoms with Crippen molar-refractivity contribution < 1.29 is 13.9 Å². The van der Waals surface area contributed by atoms with Crippen molar-refractivity contribution in [3.8, 4) is 5.75 Å². The fourth-order valence-corrected chi connectivity index (χ4v) is 4.95. The maximum atomic E-state index is 12.7. The van der Waals surface area contributed by atoms with Gasteiger partial charge in [0.15, 0.2) is 17.3 Å². The number of hydrogen-bond acceptors (Lipinski definition) is 4. The number of nitrogens with zero attached hydrogens (tertiary/aromatic N) is 2. The average Bonchev–Trinajstić information content (AvgIpc) is 3.45. The minimum absolute atomic E-state index is 0.00429. The van der Waals surface area contributed by atoms with Crippen molar-refractivity contribution in [1.82, 2.24) is 9.78 Å². The zero-order chi connectivity index (χ0) is 26.1. The molecule has 188 valence electrons. The van der Waals surface area contributed by atoms with Crippen LogP contribution in [0.3, 0.4) is 0 Å². The van der Waals surface area contributed by atoms with E-state index < -0.39 is 5.91 Å². The van der Waals surface area contributed by atoms with Gasteiger partial charge in [-0.25, -0.2) is 0 Å². The Morgan fingerprint density at radius 2 is 1.47 bits per heavy atom. The van der Waals surface area contributed by atoms with Crippen LogP contribution >= 0.6 is 92.8 Å². The molecule has 0 saturated heterocycles. The number of amides is 1. The highest BCUT2D eigenvalue weighted by Gasteiger charge is 2.22. The molecule has 0 unspecified atom stereocenters. The Bertz CT molecular complexity index is 1420. The smallest absolute Gasteiger partial charge is 0.292 e. The highest BCUT2D eigenvalue weighted by Crippen LogP contribution is 2.48. The van der Waals surface area contributed by atoms with Gasteiger partial charge in [0.05, 0.1) is 21.6 Å². The van der Waals surface area contributed by atoms with Crippen LogP contribution < -0.4 is 10.1 Å². The van der Waals surface area contributed by atoms with Gasteiger partial charge in [-0.2, -0.15) is 5.10 Å². The molecule has 4 aromatic rings. The first-order chi connectivity index (χ1) is 17.1. The SMILES string of the molecule is O=C(Nc1nn(Cc2c(Cl)cccc2Cl)cc1Cl)c1ccc(COc2c(Cl)c(Cl)c(Cl)c(Cl)c2Cl)o1. The van der Waals surface area contributed by atoms with E-state index in [4.69, 9.17) is 102 Å². The number of nitrogens with one attached hydrogen (secondary N) is 1. The molecule has 2 aromatic carbocycles. The number of hydrogen-bond donors (Lipinski definition) is 1.